The van der Waals surface area contributed by atoms with Crippen molar-refractivity contribution >= 4 is 11.6 Å². The van der Waals surface area contributed by atoms with Gasteiger partial charge in [0.15, 0.2) is 11.6 Å². The topological polar surface area (TPSA) is 58.2 Å². The van der Waals surface area contributed by atoms with Gasteiger partial charge in [0, 0.05) is 23.2 Å². The van der Waals surface area contributed by atoms with Gasteiger partial charge in [-0.25, -0.2) is 0 Å². The minimum atomic E-state index is -0.283. The first-order valence-corrected chi connectivity index (χ1v) is 10.8. The van der Waals surface area contributed by atoms with Gasteiger partial charge in [0.05, 0.1) is 0 Å². The Morgan fingerprint density at radius 3 is 1.36 bits per heavy atom. The zero-order chi connectivity index (χ0) is 21.5. The van der Waals surface area contributed by atoms with E-state index in [1.165, 1.54) is 0 Å². The van der Waals surface area contributed by atoms with Crippen LogP contribution in [0.25, 0.3) is 0 Å². The van der Waals surface area contributed by atoms with Gasteiger partial charge < -0.3 is 10.6 Å². The highest BCUT2D eigenvalue weighted by atomic mass is 16.1. The fraction of sp³-hybridized carbons (Fsp3) is 0.750. The van der Waals surface area contributed by atoms with Crippen LogP contribution in [0.5, 0.6) is 0 Å². The molecule has 0 fully saturated rings. The Labute approximate surface area is 172 Å². The molecule has 1 aliphatic rings. The molecule has 0 saturated heterocycles. The van der Waals surface area contributed by atoms with E-state index in [-0.39, 0.29) is 22.4 Å². The molecule has 0 aromatic rings. The van der Waals surface area contributed by atoms with Crippen LogP contribution in [-0.4, -0.2) is 37.7 Å². The van der Waals surface area contributed by atoms with Crippen LogP contribution in [0.1, 0.15) is 80.1 Å². The Kier molecular flexibility index (Phi) is 9.29. The van der Waals surface area contributed by atoms with Gasteiger partial charge in [-0.3, -0.25) is 9.59 Å². The van der Waals surface area contributed by atoms with E-state index in [1.807, 2.05) is 14.1 Å². The van der Waals surface area contributed by atoms with Crippen LogP contribution in [0.15, 0.2) is 23.3 Å². The molecule has 2 unspecified atom stereocenters. The van der Waals surface area contributed by atoms with Crippen molar-refractivity contribution in [2.75, 3.05) is 14.1 Å². The van der Waals surface area contributed by atoms with E-state index in [0.29, 0.717) is 23.2 Å². The maximum absolute atomic E-state index is 12.9. The molecule has 0 saturated carbocycles. The smallest absolute Gasteiger partial charge is 0.182 e. The largest absolute Gasteiger partial charge is 0.317 e. The molecule has 0 radical (unpaired) electrons. The molecule has 0 heterocycles. The van der Waals surface area contributed by atoms with E-state index in [2.05, 4.69) is 52.2 Å². The van der Waals surface area contributed by atoms with Crippen LogP contribution in [0.3, 0.4) is 0 Å². The molecule has 0 amide bonds. The highest BCUT2D eigenvalue weighted by Crippen LogP contribution is 2.40. The van der Waals surface area contributed by atoms with E-state index in [4.69, 9.17) is 0 Å². The molecule has 2 atom stereocenters. The molecule has 160 valence electrons. The van der Waals surface area contributed by atoms with Crippen LogP contribution in [0.4, 0.5) is 0 Å². The lowest BCUT2D eigenvalue weighted by molar-refractivity contribution is -0.116. The number of nitrogens with one attached hydrogen (secondary N) is 2. The summed E-state index contributed by atoms with van der Waals surface area (Å²) in [6.45, 7) is 12.6. The van der Waals surface area contributed by atoms with Crippen LogP contribution in [0, 0.1) is 10.8 Å². The number of hydrogen-bond donors (Lipinski definition) is 2. The molecule has 1 rings (SSSR count). The van der Waals surface area contributed by atoms with E-state index in [9.17, 15) is 9.59 Å². The number of ketones is 2. The first kappa shape index (κ1) is 24.8. The van der Waals surface area contributed by atoms with Gasteiger partial charge in [-0.05, 0) is 76.6 Å². The molecule has 4 nitrogen and oxygen atoms in total. The molecule has 4 heteroatoms. The molecule has 1 aliphatic carbocycles. The summed E-state index contributed by atoms with van der Waals surface area (Å²) in [6, 6.07) is 0.929. The van der Waals surface area contributed by atoms with Crippen LogP contribution >= 0.6 is 0 Å². The Balaban J connectivity index is 2.81. The number of carbonyl (C=O) groups excluding carboxylic acids is 2. The predicted octanol–water partition coefficient (Wildman–Crippen LogP) is 4.60. The summed E-state index contributed by atoms with van der Waals surface area (Å²) >= 11 is 0. The molecular weight excluding hydrogens is 348 g/mol. The highest BCUT2D eigenvalue weighted by molar-refractivity contribution is 6.20. The van der Waals surface area contributed by atoms with Crippen molar-refractivity contribution in [3.05, 3.63) is 23.3 Å². The molecule has 0 aromatic carbocycles. The van der Waals surface area contributed by atoms with Crippen molar-refractivity contribution < 1.29 is 9.59 Å². The summed E-state index contributed by atoms with van der Waals surface area (Å²) in [6.07, 6.45) is 9.23. The Hall–Kier alpha value is -1.26. The maximum atomic E-state index is 12.9. The van der Waals surface area contributed by atoms with Gasteiger partial charge in [-0.2, -0.15) is 0 Å². The van der Waals surface area contributed by atoms with E-state index in [0.717, 1.165) is 38.5 Å². The van der Waals surface area contributed by atoms with Crippen molar-refractivity contribution in [1.29, 1.82) is 0 Å². The van der Waals surface area contributed by atoms with Crippen molar-refractivity contribution in [3.63, 3.8) is 0 Å². The van der Waals surface area contributed by atoms with Crippen LogP contribution in [-0.2, 0) is 9.59 Å². The summed E-state index contributed by atoms with van der Waals surface area (Å²) < 4.78 is 0. The Bertz CT molecular complexity index is 560. The number of rotatable bonds is 12. The third-order valence-corrected chi connectivity index (χ3v) is 6.40. The molecule has 0 aliphatic heterocycles. The van der Waals surface area contributed by atoms with Crippen LogP contribution in [0.2, 0.25) is 0 Å². The highest BCUT2D eigenvalue weighted by Gasteiger charge is 2.36. The third-order valence-electron chi connectivity index (χ3n) is 6.40. The standard InChI is InChI=1S/C24H42N2O2/c1-17(25-7)11-9-13-23(3,4)19-15-22(28)20(16-21(19)27)24(5,6)14-10-12-18(2)26-8/h15-18,25-26H,9-14H2,1-8H3. The summed E-state index contributed by atoms with van der Waals surface area (Å²) in [5.74, 6) is 0.0239. The van der Waals surface area contributed by atoms with E-state index < -0.39 is 0 Å². The second-order valence-corrected chi connectivity index (χ2v) is 9.78. The summed E-state index contributed by atoms with van der Waals surface area (Å²) in [4.78, 5) is 25.8. The molecule has 0 spiro atoms. The lowest BCUT2D eigenvalue weighted by atomic mass is 9.70. The normalized spacial score (nSPS) is 18.0. The molecule has 2 N–H and O–H groups in total. The number of carbonyl (C=O) groups is 2. The van der Waals surface area contributed by atoms with Gasteiger partial charge in [-0.1, -0.05) is 40.5 Å². The van der Waals surface area contributed by atoms with Crippen molar-refractivity contribution in [2.24, 2.45) is 10.8 Å². The summed E-state index contributed by atoms with van der Waals surface area (Å²) in [7, 11) is 3.93. The minimum absolute atomic E-state index is 0.0120. The van der Waals surface area contributed by atoms with Crippen molar-refractivity contribution in [3.8, 4) is 0 Å². The SMILES string of the molecule is CNC(C)CCCC(C)(C)C1=CC(=O)C(C(C)(C)CCCC(C)NC)=CC1=O. The fourth-order valence-corrected chi connectivity index (χ4v) is 3.88. The quantitative estimate of drug-likeness (QED) is 0.478. The summed E-state index contributed by atoms with van der Waals surface area (Å²) in [5, 5.41) is 6.49. The first-order chi connectivity index (χ1) is 12.9. The second kappa shape index (κ2) is 10.5. The van der Waals surface area contributed by atoms with E-state index in [1.54, 1.807) is 12.2 Å². The molecule has 0 bridgehead atoms. The van der Waals surface area contributed by atoms with Gasteiger partial charge in [0.25, 0.3) is 0 Å². The average Bonchev–Trinajstić information content (AvgIpc) is 2.62. The summed E-state index contributed by atoms with van der Waals surface area (Å²) in [5.41, 5.74) is 0.763. The Morgan fingerprint density at radius 1 is 0.750 bits per heavy atom. The van der Waals surface area contributed by atoms with Gasteiger partial charge >= 0.3 is 0 Å². The maximum Gasteiger partial charge on any atom is 0.182 e. The monoisotopic (exact) mass is 390 g/mol. The van der Waals surface area contributed by atoms with Crippen LogP contribution < -0.4 is 10.6 Å². The lowest BCUT2D eigenvalue weighted by Gasteiger charge is -2.33. The van der Waals surface area contributed by atoms with E-state index >= 15 is 0 Å². The number of allylic oxidation sites excluding steroid dienone is 4. The van der Waals surface area contributed by atoms with Crippen molar-refractivity contribution in [1.82, 2.24) is 10.6 Å². The zero-order valence-electron chi connectivity index (χ0n) is 19.4. The molecule has 0 aromatic heterocycles. The third kappa shape index (κ3) is 6.97. The predicted molar refractivity (Wildman–Crippen MR) is 118 cm³/mol. The molecule has 28 heavy (non-hydrogen) atoms. The zero-order valence-corrected chi connectivity index (χ0v) is 19.4. The number of hydrogen-bond acceptors (Lipinski definition) is 4. The average molecular weight is 391 g/mol. The first-order valence-electron chi connectivity index (χ1n) is 10.8. The fourth-order valence-electron chi connectivity index (χ4n) is 3.88. The van der Waals surface area contributed by atoms with Gasteiger partial charge in [0.2, 0.25) is 0 Å². The second-order valence-electron chi connectivity index (χ2n) is 9.78. The van der Waals surface area contributed by atoms with Gasteiger partial charge in [-0.15, -0.1) is 0 Å². The van der Waals surface area contributed by atoms with Gasteiger partial charge in [0.1, 0.15) is 0 Å². The van der Waals surface area contributed by atoms with Crippen molar-refractivity contribution in [2.45, 2.75) is 92.2 Å². The Morgan fingerprint density at radius 2 is 1.07 bits per heavy atom. The lowest BCUT2D eigenvalue weighted by Crippen LogP contribution is -2.30. The molecular formula is C24H42N2O2. The minimum Gasteiger partial charge on any atom is -0.317 e.